The van der Waals surface area contributed by atoms with E-state index in [9.17, 15) is 4.79 Å². The summed E-state index contributed by atoms with van der Waals surface area (Å²) in [6, 6.07) is 8.99. The molecule has 0 bridgehead atoms. The minimum absolute atomic E-state index is 0.0631. The topological polar surface area (TPSA) is 40.9 Å². The Kier molecular flexibility index (Phi) is 5.06. The highest BCUT2D eigenvalue weighted by Gasteiger charge is 2.09. The van der Waals surface area contributed by atoms with Gasteiger partial charge in [0.05, 0.1) is 11.6 Å². The number of benzene rings is 1. The minimum Gasteiger partial charge on any atom is -0.294 e. The van der Waals surface area contributed by atoms with E-state index in [1.54, 1.807) is 24.3 Å². The van der Waals surface area contributed by atoms with E-state index in [-0.39, 0.29) is 5.78 Å². The summed E-state index contributed by atoms with van der Waals surface area (Å²) in [5, 5.41) is 9.75. The van der Waals surface area contributed by atoms with Crippen LogP contribution in [0.1, 0.15) is 35.2 Å². The predicted molar refractivity (Wildman–Crippen MR) is 63.1 cm³/mol. The number of nitrogens with zero attached hydrogens (tertiary/aromatic N) is 1. The van der Waals surface area contributed by atoms with Crippen molar-refractivity contribution < 1.29 is 4.79 Å². The third-order valence-electron chi connectivity index (χ3n) is 2.14. The number of hydrogen-bond donors (Lipinski definition) is 0. The Bertz CT molecular complexity index is 381. The maximum absolute atomic E-state index is 11.7. The SMILES string of the molecule is N#Cc1ccccc1C(=O)CCCCBr. The molecule has 0 radical (unpaired) electrons. The van der Waals surface area contributed by atoms with Gasteiger partial charge in [-0.1, -0.05) is 34.1 Å². The predicted octanol–water partition coefficient (Wildman–Crippen LogP) is 3.31. The maximum Gasteiger partial charge on any atom is 0.164 e. The molecule has 0 fully saturated rings. The molecule has 0 N–H and O–H groups in total. The van der Waals surface area contributed by atoms with E-state index in [1.165, 1.54) is 0 Å². The molecule has 0 spiro atoms. The molecule has 0 aliphatic heterocycles. The summed E-state index contributed by atoms with van der Waals surface area (Å²) < 4.78 is 0. The number of carbonyl (C=O) groups is 1. The fourth-order valence-corrected chi connectivity index (χ4v) is 1.73. The van der Waals surface area contributed by atoms with Crippen LogP contribution in [0.25, 0.3) is 0 Å². The minimum atomic E-state index is 0.0631. The molecule has 0 unspecified atom stereocenters. The summed E-state index contributed by atoms with van der Waals surface area (Å²) in [5.41, 5.74) is 1.02. The number of alkyl halides is 1. The lowest BCUT2D eigenvalue weighted by molar-refractivity contribution is 0.0979. The van der Waals surface area contributed by atoms with Crippen LogP contribution in [0, 0.1) is 11.3 Å². The average Bonchev–Trinajstić information content (AvgIpc) is 2.29. The van der Waals surface area contributed by atoms with Crippen LogP contribution in [0.4, 0.5) is 0 Å². The molecule has 0 aliphatic carbocycles. The highest BCUT2D eigenvalue weighted by atomic mass is 79.9. The van der Waals surface area contributed by atoms with Crippen molar-refractivity contribution in [2.75, 3.05) is 5.33 Å². The Morgan fingerprint density at radius 1 is 1.33 bits per heavy atom. The van der Waals surface area contributed by atoms with Crippen LogP contribution in [-0.2, 0) is 0 Å². The summed E-state index contributed by atoms with van der Waals surface area (Å²) in [6.45, 7) is 0. The standard InChI is InChI=1S/C12H12BrNO/c13-8-4-3-7-12(15)11-6-2-1-5-10(11)9-14/h1-2,5-6H,3-4,7-8H2. The van der Waals surface area contributed by atoms with Crippen molar-refractivity contribution in [2.24, 2.45) is 0 Å². The van der Waals surface area contributed by atoms with Crippen molar-refractivity contribution in [1.82, 2.24) is 0 Å². The van der Waals surface area contributed by atoms with Crippen LogP contribution >= 0.6 is 15.9 Å². The Hall–Kier alpha value is -1.14. The number of unbranched alkanes of at least 4 members (excludes halogenated alkanes) is 1. The van der Waals surface area contributed by atoms with Gasteiger partial charge in [-0.05, 0) is 18.9 Å². The van der Waals surface area contributed by atoms with Crippen molar-refractivity contribution in [2.45, 2.75) is 19.3 Å². The summed E-state index contributed by atoms with van der Waals surface area (Å²) in [5.74, 6) is 0.0631. The molecule has 1 rings (SSSR count). The molecular formula is C12H12BrNO. The third-order valence-corrected chi connectivity index (χ3v) is 2.70. The zero-order valence-corrected chi connectivity index (χ0v) is 9.96. The second-order valence-corrected chi connectivity index (χ2v) is 4.02. The van der Waals surface area contributed by atoms with Gasteiger partial charge in [0.2, 0.25) is 0 Å². The quantitative estimate of drug-likeness (QED) is 0.466. The molecule has 2 nitrogen and oxygen atoms in total. The zero-order valence-electron chi connectivity index (χ0n) is 8.37. The molecule has 0 aromatic heterocycles. The van der Waals surface area contributed by atoms with E-state index in [4.69, 9.17) is 5.26 Å². The summed E-state index contributed by atoms with van der Waals surface area (Å²) >= 11 is 3.32. The van der Waals surface area contributed by atoms with Gasteiger partial charge >= 0.3 is 0 Å². The second kappa shape index (κ2) is 6.36. The van der Waals surface area contributed by atoms with E-state index in [0.717, 1.165) is 18.2 Å². The smallest absolute Gasteiger partial charge is 0.164 e. The van der Waals surface area contributed by atoms with Gasteiger partial charge in [0.25, 0.3) is 0 Å². The molecule has 0 saturated carbocycles. The van der Waals surface area contributed by atoms with Gasteiger partial charge in [-0.2, -0.15) is 5.26 Å². The second-order valence-electron chi connectivity index (χ2n) is 3.23. The van der Waals surface area contributed by atoms with Crippen LogP contribution in [0.5, 0.6) is 0 Å². The highest BCUT2D eigenvalue weighted by molar-refractivity contribution is 9.09. The molecule has 1 aromatic carbocycles. The Morgan fingerprint density at radius 2 is 2.07 bits per heavy atom. The first-order valence-corrected chi connectivity index (χ1v) is 6.00. The first-order valence-electron chi connectivity index (χ1n) is 4.88. The number of Topliss-reactive ketones (excluding diaryl/α,β-unsaturated/α-hetero) is 1. The van der Waals surface area contributed by atoms with Crippen LogP contribution in [-0.4, -0.2) is 11.1 Å². The van der Waals surface area contributed by atoms with Crippen molar-refractivity contribution in [1.29, 1.82) is 5.26 Å². The highest BCUT2D eigenvalue weighted by Crippen LogP contribution is 2.12. The fourth-order valence-electron chi connectivity index (χ4n) is 1.34. The zero-order chi connectivity index (χ0) is 11.1. The average molecular weight is 266 g/mol. The van der Waals surface area contributed by atoms with E-state index < -0.39 is 0 Å². The summed E-state index contributed by atoms with van der Waals surface area (Å²) in [4.78, 5) is 11.7. The monoisotopic (exact) mass is 265 g/mol. The number of rotatable bonds is 5. The van der Waals surface area contributed by atoms with Crippen LogP contribution < -0.4 is 0 Å². The summed E-state index contributed by atoms with van der Waals surface area (Å²) in [7, 11) is 0. The van der Waals surface area contributed by atoms with Crippen molar-refractivity contribution in [3.8, 4) is 6.07 Å². The number of hydrogen-bond acceptors (Lipinski definition) is 2. The molecule has 0 saturated heterocycles. The number of halogens is 1. The van der Waals surface area contributed by atoms with Crippen molar-refractivity contribution >= 4 is 21.7 Å². The van der Waals surface area contributed by atoms with E-state index in [1.807, 2.05) is 6.07 Å². The molecule has 0 heterocycles. The Labute approximate surface area is 98.0 Å². The first kappa shape index (κ1) is 11.9. The van der Waals surface area contributed by atoms with Gasteiger partial charge in [0, 0.05) is 17.3 Å². The van der Waals surface area contributed by atoms with Gasteiger partial charge in [0.15, 0.2) is 5.78 Å². The van der Waals surface area contributed by atoms with Gasteiger partial charge in [-0.3, -0.25) is 4.79 Å². The normalized spacial score (nSPS) is 9.60. The number of nitriles is 1. The molecule has 0 amide bonds. The van der Waals surface area contributed by atoms with E-state index in [2.05, 4.69) is 15.9 Å². The molecular weight excluding hydrogens is 254 g/mol. The molecule has 0 atom stereocenters. The van der Waals surface area contributed by atoms with Crippen molar-refractivity contribution in [3.05, 3.63) is 35.4 Å². The van der Waals surface area contributed by atoms with Gasteiger partial charge in [-0.15, -0.1) is 0 Å². The van der Waals surface area contributed by atoms with E-state index in [0.29, 0.717) is 17.5 Å². The lowest BCUT2D eigenvalue weighted by atomic mass is 10.0. The van der Waals surface area contributed by atoms with Crippen LogP contribution in [0.15, 0.2) is 24.3 Å². The van der Waals surface area contributed by atoms with Crippen molar-refractivity contribution in [3.63, 3.8) is 0 Å². The maximum atomic E-state index is 11.7. The van der Waals surface area contributed by atoms with Gasteiger partial charge in [-0.25, -0.2) is 0 Å². The number of ketones is 1. The molecule has 3 heteroatoms. The molecule has 0 aliphatic rings. The number of carbonyl (C=O) groups excluding carboxylic acids is 1. The van der Waals surface area contributed by atoms with Gasteiger partial charge < -0.3 is 0 Å². The molecule has 1 aromatic rings. The first-order chi connectivity index (χ1) is 7.29. The Morgan fingerprint density at radius 3 is 2.73 bits per heavy atom. The fraction of sp³-hybridized carbons (Fsp3) is 0.333. The molecule has 78 valence electrons. The lowest BCUT2D eigenvalue weighted by Crippen LogP contribution is -2.01. The summed E-state index contributed by atoms with van der Waals surface area (Å²) in [6.07, 6.45) is 2.37. The van der Waals surface area contributed by atoms with Gasteiger partial charge in [0.1, 0.15) is 0 Å². The Balaban J connectivity index is 2.70. The largest absolute Gasteiger partial charge is 0.294 e. The molecule has 15 heavy (non-hydrogen) atoms. The lowest BCUT2D eigenvalue weighted by Gasteiger charge is -2.01. The van der Waals surface area contributed by atoms with Crippen LogP contribution in [0.3, 0.4) is 0 Å². The third kappa shape index (κ3) is 3.49. The van der Waals surface area contributed by atoms with E-state index >= 15 is 0 Å². The van der Waals surface area contributed by atoms with Crippen LogP contribution in [0.2, 0.25) is 0 Å².